The van der Waals surface area contributed by atoms with Crippen LogP contribution in [0.5, 0.6) is 5.75 Å². The summed E-state index contributed by atoms with van der Waals surface area (Å²) in [4.78, 5) is 41.3. The van der Waals surface area contributed by atoms with Crippen molar-refractivity contribution in [3.8, 4) is 5.75 Å². The van der Waals surface area contributed by atoms with Gasteiger partial charge in [-0.15, -0.1) is 13.2 Å². The van der Waals surface area contributed by atoms with E-state index in [0.717, 1.165) is 17.0 Å². The van der Waals surface area contributed by atoms with Crippen molar-refractivity contribution in [3.05, 3.63) is 48.2 Å². The van der Waals surface area contributed by atoms with Crippen LogP contribution in [-0.2, 0) is 9.59 Å². The molecule has 0 fully saturated rings. The predicted octanol–water partition coefficient (Wildman–Crippen LogP) is 2.06. The zero-order valence-electron chi connectivity index (χ0n) is 15.3. The fraction of sp³-hybridized carbons (Fsp3) is 0.222. The minimum absolute atomic E-state index is 0.210. The van der Waals surface area contributed by atoms with Crippen molar-refractivity contribution in [2.24, 2.45) is 5.73 Å². The van der Waals surface area contributed by atoms with Crippen LogP contribution < -0.4 is 26.0 Å². The second-order valence-corrected chi connectivity index (χ2v) is 6.30. The highest BCUT2D eigenvalue weighted by molar-refractivity contribution is 6.08. The van der Waals surface area contributed by atoms with Crippen LogP contribution in [0.15, 0.2) is 42.6 Å². The predicted molar refractivity (Wildman–Crippen MR) is 98.4 cm³/mol. The molecule has 1 aliphatic heterocycles. The number of hydrogen-bond donors (Lipinski definition) is 3. The molecule has 158 valence electrons. The number of pyridine rings is 1. The Morgan fingerprint density at radius 1 is 1.27 bits per heavy atom. The number of amides is 4. The van der Waals surface area contributed by atoms with Crippen LogP contribution in [0.2, 0.25) is 0 Å². The molecule has 0 saturated heterocycles. The van der Waals surface area contributed by atoms with Crippen molar-refractivity contribution in [1.82, 2.24) is 10.3 Å². The Morgan fingerprint density at radius 2 is 1.97 bits per heavy atom. The van der Waals surface area contributed by atoms with Crippen molar-refractivity contribution in [1.29, 1.82) is 0 Å². The molecule has 4 N–H and O–H groups in total. The molecule has 30 heavy (non-hydrogen) atoms. The molecule has 2 heterocycles. The van der Waals surface area contributed by atoms with Crippen molar-refractivity contribution in [2.75, 3.05) is 16.8 Å². The maximum atomic E-state index is 12.8. The summed E-state index contributed by atoms with van der Waals surface area (Å²) in [7, 11) is 0. The Labute approximate surface area is 168 Å². The van der Waals surface area contributed by atoms with Gasteiger partial charge >= 0.3 is 12.4 Å². The monoisotopic (exact) mass is 423 g/mol. The number of benzene rings is 1. The van der Waals surface area contributed by atoms with Gasteiger partial charge in [-0.25, -0.2) is 9.78 Å². The molecule has 0 radical (unpaired) electrons. The third-order valence-electron chi connectivity index (χ3n) is 4.08. The van der Waals surface area contributed by atoms with E-state index in [0.29, 0.717) is 11.3 Å². The number of rotatable bonds is 5. The van der Waals surface area contributed by atoms with Gasteiger partial charge in [-0.1, -0.05) is 12.1 Å². The summed E-state index contributed by atoms with van der Waals surface area (Å²) < 4.78 is 40.8. The van der Waals surface area contributed by atoms with Gasteiger partial charge in [0.2, 0.25) is 11.8 Å². The number of hydrogen-bond acceptors (Lipinski definition) is 5. The van der Waals surface area contributed by atoms with Crippen molar-refractivity contribution >= 4 is 29.4 Å². The van der Waals surface area contributed by atoms with Crippen LogP contribution in [0.1, 0.15) is 18.0 Å². The van der Waals surface area contributed by atoms with E-state index in [1.54, 1.807) is 12.1 Å². The molecule has 0 bridgehead atoms. The number of carbonyl (C=O) groups is 3. The maximum Gasteiger partial charge on any atom is 0.573 e. The van der Waals surface area contributed by atoms with E-state index >= 15 is 0 Å². The summed E-state index contributed by atoms with van der Waals surface area (Å²) in [5.74, 6) is -1.43. The third-order valence-corrected chi connectivity index (χ3v) is 4.08. The van der Waals surface area contributed by atoms with E-state index in [2.05, 4.69) is 20.4 Å². The van der Waals surface area contributed by atoms with Gasteiger partial charge in [0, 0.05) is 6.20 Å². The number of carbonyl (C=O) groups excluding carboxylic acids is 3. The first-order valence-corrected chi connectivity index (χ1v) is 8.59. The van der Waals surface area contributed by atoms with Gasteiger partial charge in [0.05, 0.1) is 18.2 Å². The average molecular weight is 423 g/mol. The van der Waals surface area contributed by atoms with Crippen LogP contribution >= 0.6 is 0 Å². The molecule has 2 aromatic rings. The Bertz CT molecular complexity index is 965. The maximum absolute atomic E-state index is 12.8. The van der Waals surface area contributed by atoms with E-state index in [-0.39, 0.29) is 18.8 Å². The van der Waals surface area contributed by atoms with E-state index < -0.39 is 36.0 Å². The van der Waals surface area contributed by atoms with Crippen molar-refractivity contribution in [2.45, 2.75) is 18.8 Å². The second-order valence-electron chi connectivity index (χ2n) is 6.30. The van der Waals surface area contributed by atoms with Gasteiger partial charge in [0.1, 0.15) is 12.3 Å². The lowest BCUT2D eigenvalue weighted by atomic mass is 10.0. The lowest BCUT2D eigenvalue weighted by Crippen LogP contribution is -2.48. The first-order valence-electron chi connectivity index (χ1n) is 8.59. The van der Waals surface area contributed by atoms with Crippen molar-refractivity contribution < 1.29 is 32.3 Å². The summed E-state index contributed by atoms with van der Waals surface area (Å²) >= 11 is 0. The number of nitrogens with zero attached hydrogens (tertiary/aromatic N) is 2. The van der Waals surface area contributed by atoms with Crippen LogP contribution in [0.25, 0.3) is 0 Å². The summed E-state index contributed by atoms with van der Waals surface area (Å²) in [5.41, 5.74) is 5.90. The summed E-state index contributed by atoms with van der Waals surface area (Å²) in [6.45, 7) is -0.308. The average Bonchev–Trinajstić information content (AvgIpc) is 2.65. The minimum atomic E-state index is -4.85. The molecular weight excluding hydrogens is 407 g/mol. The Morgan fingerprint density at radius 3 is 2.60 bits per heavy atom. The van der Waals surface area contributed by atoms with Crippen LogP contribution in [0, 0.1) is 0 Å². The first-order chi connectivity index (χ1) is 14.1. The molecular formula is C18H16F3N5O4. The standard InChI is InChI=1S/C18H16F3N5O4/c19-18(20,21)30-11-5-3-10(4-6-11)13(8-14(22)27)25-17(29)26-9-15(28)24-12-2-1-7-23-16(12)26/h1-7,13H,8-9H2,(H2,22,27)(H,24,28)(H,25,29). The van der Waals surface area contributed by atoms with Crippen LogP contribution in [-0.4, -0.2) is 35.7 Å². The number of nitrogens with one attached hydrogen (secondary N) is 2. The summed E-state index contributed by atoms with van der Waals surface area (Å²) in [6, 6.07) is 6.11. The Balaban J connectivity index is 1.81. The number of aromatic nitrogens is 1. The second kappa shape index (κ2) is 8.27. The van der Waals surface area contributed by atoms with Crippen LogP contribution in [0.4, 0.5) is 29.5 Å². The summed E-state index contributed by atoms with van der Waals surface area (Å²) in [5, 5.41) is 5.15. The zero-order valence-corrected chi connectivity index (χ0v) is 15.3. The van der Waals surface area contributed by atoms with E-state index in [1.807, 2.05) is 0 Å². The molecule has 0 aliphatic carbocycles. The number of urea groups is 1. The van der Waals surface area contributed by atoms with Gasteiger partial charge in [-0.05, 0) is 29.8 Å². The molecule has 1 aromatic carbocycles. The van der Waals surface area contributed by atoms with Gasteiger partial charge in [-0.2, -0.15) is 0 Å². The molecule has 0 saturated carbocycles. The highest BCUT2D eigenvalue weighted by atomic mass is 19.4. The lowest BCUT2D eigenvalue weighted by molar-refractivity contribution is -0.274. The molecule has 1 unspecified atom stereocenters. The quantitative estimate of drug-likeness (QED) is 0.679. The fourth-order valence-electron chi connectivity index (χ4n) is 2.87. The van der Waals surface area contributed by atoms with Gasteiger partial charge < -0.3 is 21.1 Å². The molecule has 3 rings (SSSR count). The van der Waals surface area contributed by atoms with E-state index in [9.17, 15) is 27.6 Å². The molecule has 12 heteroatoms. The van der Waals surface area contributed by atoms with E-state index in [4.69, 9.17) is 5.73 Å². The topological polar surface area (TPSA) is 127 Å². The Kier molecular flexibility index (Phi) is 5.76. The number of alkyl halides is 3. The largest absolute Gasteiger partial charge is 0.573 e. The molecule has 9 nitrogen and oxygen atoms in total. The normalized spacial score (nSPS) is 14.4. The van der Waals surface area contributed by atoms with Crippen molar-refractivity contribution in [3.63, 3.8) is 0 Å². The smallest absolute Gasteiger partial charge is 0.406 e. The number of nitrogens with two attached hydrogens (primary N) is 1. The first kappa shape index (κ1) is 20.9. The zero-order chi connectivity index (χ0) is 21.9. The lowest BCUT2D eigenvalue weighted by Gasteiger charge is -2.29. The van der Waals surface area contributed by atoms with Crippen LogP contribution in [0.3, 0.4) is 0 Å². The number of ether oxygens (including phenoxy) is 1. The SMILES string of the molecule is NC(=O)CC(NC(=O)N1CC(=O)Nc2cccnc21)c1ccc(OC(F)(F)F)cc1. The third kappa shape index (κ3) is 5.16. The molecule has 0 spiro atoms. The highest BCUT2D eigenvalue weighted by Crippen LogP contribution is 2.28. The number of halogens is 3. The van der Waals surface area contributed by atoms with Gasteiger partial charge in [0.15, 0.2) is 5.82 Å². The number of fused-ring (bicyclic) bond motifs is 1. The van der Waals surface area contributed by atoms with E-state index in [1.165, 1.54) is 18.3 Å². The van der Waals surface area contributed by atoms with Gasteiger partial charge in [-0.3, -0.25) is 14.5 Å². The Hall–Kier alpha value is -3.83. The molecule has 4 amide bonds. The number of anilines is 2. The minimum Gasteiger partial charge on any atom is -0.406 e. The fourth-order valence-corrected chi connectivity index (χ4v) is 2.87. The number of primary amides is 1. The molecule has 1 atom stereocenters. The molecule has 1 aromatic heterocycles. The molecule has 1 aliphatic rings. The summed E-state index contributed by atoms with van der Waals surface area (Å²) in [6.07, 6.45) is -3.73. The highest BCUT2D eigenvalue weighted by Gasteiger charge is 2.32. The van der Waals surface area contributed by atoms with Gasteiger partial charge in [0.25, 0.3) is 0 Å².